The predicted octanol–water partition coefficient (Wildman–Crippen LogP) is 8.65. The average Bonchev–Trinajstić information content (AvgIpc) is 3.02. The second kappa shape index (κ2) is 13.4. The topological polar surface area (TPSA) is 128 Å². The van der Waals surface area contributed by atoms with Crippen molar-refractivity contribution in [2.24, 2.45) is 0 Å². The Balaban J connectivity index is 1.82. The number of nitro benzene ring substituents is 2. The highest BCUT2D eigenvalue weighted by atomic mass is 79.9. The molecule has 2 atom stereocenters. The van der Waals surface area contributed by atoms with E-state index < -0.39 is 27.9 Å². The summed E-state index contributed by atoms with van der Waals surface area (Å²) in [5.41, 5.74) is 3.12. The Labute approximate surface area is 269 Å². The maximum atomic E-state index is 13.9. The molecular formula is C32H26Br2N4O6. The van der Waals surface area contributed by atoms with Crippen molar-refractivity contribution in [1.82, 2.24) is 0 Å². The summed E-state index contributed by atoms with van der Waals surface area (Å²) in [5, 5.41) is 27.1. The highest BCUT2D eigenvalue weighted by Gasteiger charge is 2.42. The number of benzene rings is 4. The van der Waals surface area contributed by atoms with Crippen LogP contribution in [0, 0.1) is 20.2 Å². The zero-order valence-electron chi connectivity index (χ0n) is 23.4. The Morgan fingerprint density at radius 1 is 0.864 bits per heavy atom. The van der Waals surface area contributed by atoms with Crippen molar-refractivity contribution >= 4 is 60.6 Å². The first-order valence-corrected chi connectivity index (χ1v) is 15.2. The number of nitro groups is 2. The summed E-state index contributed by atoms with van der Waals surface area (Å²) in [5.74, 6) is -0.580. The first kappa shape index (κ1) is 30.9. The lowest BCUT2D eigenvalue weighted by Crippen LogP contribution is -2.41. The van der Waals surface area contributed by atoms with E-state index in [-0.39, 0.29) is 30.0 Å². The van der Waals surface area contributed by atoms with Crippen molar-refractivity contribution < 1.29 is 19.4 Å². The number of rotatable bonds is 9. The van der Waals surface area contributed by atoms with Crippen molar-refractivity contribution in [1.29, 1.82) is 0 Å². The average molecular weight is 722 g/mol. The Morgan fingerprint density at radius 2 is 1.41 bits per heavy atom. The van der Waals surface area contributed by atoms with Crippen LogP contribution in [0.3, 0.4) is 0 Å². The van der Waals surface area contributed by atoms with Crippen LogP contribution in [-0.4, -0.2) is 22.4 Å². The van der Waals surface area contributed by atoms with Crippen LogP contribution in [-0.2, 0) is 9.53 Å². The molecule has 0 aliphatic carbocycles. The number of hydrogen-bond donors (Lipinski definition) is 1. The smallest absolute Gasteiger partial charge is 0.338 e. The number of ether oxygens (including phenoxy) is 1. The first-order valence-electron chi connectivity index (χ1n) is 13.6. The van der Waals surface area contributed by atoms with Crippen LogP contribution >= 0.6 is 31.9 Å². The van der Waals surface area contributed by atoms with Gasteiger partial charge in [0.1, 0.15) is 0 Å². The molecule has 10 nitrogen and oxygen atoms in total. The van der Waals surface area contributed by atoms with E-state index in [4.69, 9.17) is 4.74 Å². The minimum atomic E-state index is -0.869. The zero-order valence-corrected chi connectivity index (χ0v) is 26.5. The van der Waals surface area contributed by atoms with Crippen LogP contribution in [0.2, 0.25) is 0 Å². The number of nitrogens with zero attached hydrogens (tertiary/aromatic N) is 3. The Bertz CT molecular complexity index is 1740. The third kappa shape index (κ3) is 6.66. The largest absolute Gasteiger partial charge is 0.463 e. The van der Waals surface area contributed by atoms with Crippen molar-refractivity contribution in [3.8, 4) is 0 Å². The summed E-state index contributed by atoms with van der Waals surface area (Å²) in [6.45, 7) is 1.83. The summed E-state index contributed by atoms with van der Waals surface area (Å²) in [4.78, 5) is 38.6. The van der Waals surface area contributed by atoms with E-state index >= 15 is 0 Å². The number of halogens is 2. The molecule has 0 bridgehead atoms. The van der Waals surface area contributed by atoms with E-state index in [1.807, 2.05) is 53.4 Å². The molecule has 0 saturated heterocycles. The van der Waals surface area contributed by atoms with E-state index in [0.29, 0.717) is 28.2 Å². The highest BCUT2D eigenvalue weighted by molar-refractivity contribution is 9.10. The number of nitrogens with one attached hydrogen (secondary N) is 1. The van der Waals surface area contributed by atoms with E-state index in [2.05, 4.69) is 37.2 Å². The third-order valence-electron chi connectivity index (χ3n) is 7.23. The Hall–Kier alpha value is -4.55. The van der Waals surface area contributed by atoms with Gasteiger partial charge in [-0.2, -0.15) is 0 Å². The number of hydrogen-bond acceptors (Lipinski definition) is 8. The van der Waals surface area contributed by atoms with E-state index in [1.54, 1.807) is 31.2 Å². The van der Waals surface area contributed by atoms with Crippen LogP contribution in [0.15, 0.2) is 117 Å². The molecule has 0 spiro atoms. The standard InChI is InChI=1S/C32H26Br2N4O6/c1-2-44-32(39)30-28(35-24-13-9-22(33)10-14-24)19-29(20-5-3-7-26(17-20)37(40)41)36(25-15-11-23(34)12-16-25)31(30)21-6-4-8-27(18-21)38(42)43/h3-18,29,31,35H,2,19H2,1H3. The van der Waals surface area contributed by atoms with Gasteiger partial charge in [-0.05, 0) is 66.6 Å². The van der Waals surface area contributed by atoms with Crippen molar-refractivity contribution in [3.05, 3.63) is 149 Å². The summed E-state index contributed by atoms with van der Waals surface area (Å²) < 4.78 is 7.29. The highest BCUT2D eigenvalue weighted by Crippen LogP contribution is 2.49. The summed E-state index contributed by atoms with van der Waals surface area (Å²) in [7, 11) is 0. The molecule has 0 amide bonds. The molecule has 1 aliphatic rings. The van der Waals surface area contributed by atoms with Gasteiger partial charge in [-0.3, -0.25) is 20.2 Å². The van der Waals surface area contributed by atoms with Gasteiger partial charge in [-0.25, -0.2) is 4.79 Å². The van der Waals surface area contributed by atoms with Crippen molar-refractivity contribution in [2.45, 2.75) is 25.4 Å². The molecule has 4 aromatic rings. The molecule has 1 N–H and O–H groups in total. The van der Waals surface area contributed by atoms with Crippen LogP contribution < -0.4 is 10.2 Å². The van der Waals surface area contributed by atoms with Gasteiger partial charge in [-0.15, -0.1) is 0 Å². The van der Waals surface area contributed by atoms with Gasteiger partial charge in [0.15, 0.2) is 0 Å². The van der Waals surface area contributed by atoms with E-state index in [1.165, 1.54) is 24.3 Å². The quantitative estimate of drug-likeness (QED) is 0.103. The lowest BCUT2D eigenvalue weighted by atomic mass is 9.84. The van der Waals surface area contributed by atoms with Crippen LogP contribution in [0.1, 0.15) is 36.6 Å². The molecule has 44 heavy (non-hydrogen) atoms. The fourth-order valence-corrected chi connectivity index (χ4v) is 5.89. The molecule has 4 aromatic carbocycles. The van der Waals surface area contributed by atoms with Gasteiger partial charge in [0.25, 0.3) is 11.4 Å². The lowest BCUT2D eigenvalue weighted by molar-refractivity contribution is -0.385. The molecule has 224 valence electrons. The number of non-ortho nitro benzene ring substituents is 2. The molecule has 5 rings (SSSR count). The summed E-state index contributed by atoms with van der Waals surface area (Å²) in [6, 6.07) is 26.0. The van der Waals surface area contributed by atoms with Gasteiger partial charge in [0.05, 0.1) is 34.1 Å². The minimum Gasteiger partial charge on any atom is -0.463 e. The van der Waals surface area contributed by atoms with Crippen LogP contribution in [0.4, 0.5) is 22.7 Å². The van der Waals surface area contributed by atoms with Crippen LogP contribution in [0.5, 0.6) is 0 Å². The molecule has 0 radical (unpaired) electrons. The summed E-state index contributed by atoms with van der Waals surface area (Å²) in [6.07, 6.45) is 0.243. The van der Waals surface area contributed by atoms with E-state index in [0.717, 1.165) is 8.95 Å². The van der Waals surface area contributed by atoms with Crippen molar-refractivity contribution in [2.75, 3.05) is 16.8 Å². The van der Waals surface area contributed by atoms with Gasteiger partial charge < -0.3 is 15.0 Å². The lowest BCUT2D eigenvalue weighted by Gasteiger charge is -2.45. The molecule has 1 aliphatic heterocycles. The predicted molar refractivity (Wildman–Crippen MR) is 174 cm³/mol. The maximum absolute atomic E-state index is 13.9. The maximum Gasteiger partial charge on any atom is 0.338 e. The number of esters is 1. The third-order valence-corrected chi connectivity index (χ3v) is 8.29. The fourth-order valence-electron chi connectivity index (χ4n) is 5.36. The Morgan fingerprint density at radius 3 is 1.98 bits per heavy atom. The summed E-state index contributed by atoms with van der Waals surface area (Å²) >= 11 is 6.93. The SMILES string of the molecule is CCOC(=O)C1=C(Nc2ccc(Br)cc2)CC(c2cccc([N+](=O)[O-])c2)N(c2ccc(Br)cc2)C1c1cccc([N+](=O)[O-])c1. The zero-order chi connectivity index (χ0) is 31.4. The molecule has 12 heteroatoms. The van der Waals surface area contributed by atoms with Crippen LogP contribution in [0.25, 0.3) is 0 Å². The molecule has 2 unspecified atom stereocenters. The molecular weight excluding hydrogens is 696 g/mol. The molecule has 0 aromatic heterocycles. The van der Waals surface area contributed by atoms with Gasteiger partial charge in [-0.1, -0.05) is 56.1 Å². The van der Waals surface area contributed by atoms with Gasteiger partial charge in [0.2, 0.25) is 0 Å². The molecule has 1 heterocycles. The number of carbonyl (C=O) groups is 1. The normalized spacial score (nSPS) is 16.4. The second-order valence-corrected chi connectivity index (χ2v) is 11.8. The number of anilines is 2. The van der Waals surface area contributed by atoms with Gasteiger partial charge in [0, 0.05) is 56.7 Å². The van der Waals surface area contributed by atoms with Gasteiger partial charge >= 0.3 is 5.97 Å². The molecule has 0 fully saturated rings. The van der Waals surface area contributed by atoms with E-state index in [9.17, 15) is 25.0 Å². The number of carbonyl (C=O) groups excluding carboxylic acids is 1. The monoisotopic (exact) mass is 720 g/mol. The Kier molecular flexibility index (Phi) is 9.40. The second-order valence-electron chi connectivity index (χ2n) is 9.95. The first-order chi connectivity index (χ1) is 21.2. The fraction of sp³-hybridized carbons (Fsp3) is 0.156. The minimum absolute atomic E-state index is 0.0762. The van der Waals surface area contributed by atoms with Crippen molar-refractivity contribution in [3.63, 3.8) is 0 Å². The molecule has 0 saturated carbocycles.